The molecule has 1 aromatic heterocycles. The number of aromatic amines is 1. The highest BCUT2D eigenvalue weighted by Crippen LogP contribution is 2.18. The Labute approximate surface area is 91.7 Å². The topological polar surface area (TPSA) is 76.0 Å². The van der Waals surface area contributed by atoms with Crippen molar-refractivity contribution in [2.75, 3.05) is 0 Å². The van der Waals surface area contributed by atoms with Gasteiger partial charge in [-0.25, -0.2) is 0 Å². The maximum atomic E-state index is 11.1. The van der Waals surface area contributed by atoms with Gasteiger partial charge in [-0.3, -0.25) is 9.59 Å². The van der Waals surface area contributed by atoms with E-state index in [1.807, 2.05) is 6.07 Å². The first kappa shape index (κ1) is 10.2. The van der Waals surface area contributed by atoms with E-state index in [1.165, 1.54) is 6.07 Å². The van der Waals surface area contributed by atoms with E-state index in [2.05, 4.69) is 4.98 Å². The number of pyridine rings is 1. The van der Waals surface area contributed by atoms with Crippen LogP contribution in [0.15, 0.2) is 47.4 Å². The molecule has 0 spiro atoms. The number of rotatable bonds is 2. The molecule has 0 unspecified atom stereocenters. The average Bonchev–Trinajstić information content (AvgIpc) is 2.29. The van der Waals surface area contributed by atoms with E-state index in [4.69, 9.17) is 5.73 Å². The molecule has 0 radical (unpaired) electrons. The van der Waals surface area contributed by atoms with Crippen molar-refractivity contribution in [3.05, 3.63) is 58.5 Å². The van der Waals surface area contributed by atoms with Crippen molar-refractivity contribution in [1.82, 2.24) is 4.98 Å². The lowest BCUT2D eigenvalue weighted by atomic mass is 10.0. The van der Waals surface area contributed by atoms with Gasteiger partial charge in [-0.1, -0.05) is 12.1 Å². The van der Waals surface area contributed by atoms with Crippen molar-refractivity contribution in [3.8, 4) is 11.1 Å². The van der Waals surface area contributed by atoms with Gasteiger partial charge in [0.15, 0.2) is 0 Å². The molecule has 0 saturated carbocycles. The summed E-state index contributed by atoms with van der Waals surface area (Å²) in [7, 11) is 0. The molecular weight excluding hydrogens is 204 g/mol. The van der Waals surface area contributed by atoms with E-state index in [-0.39, 0.29) is 5.56 Å². The molecule has 0 saturated heterocycles. The SMILES string of the molecule is NC(=O)c1cccc(-c2cc[nH]c(=O)c2)c1. The summed E-state index contributed by atoms with van der Waals surface area (Å²) in [6.07, 6.45) is 1.56. The first-order chi connectivity index (χ1) is 7.66. The highest BCUT2D eigenvalue weighted by atomic mass is 16.1. The minimum atomic E-state index is -0.480. The third kappa shape index (κ3) is 2.00. The van der Waals surface area contributed by atoms with Gasteiger partial charge in [-0.2, -0.15) is 0 Å². The third-order valence-corrected chi connectivity index (χ3v) is 2.26. The Bertz CT molecular complexity index is 587. The van der Waals surface area contributed by atoms with Gasteiger partial charge in [0.2, 0.25) is 11.5 Å². The van der Waals surface area contributed by atoms with Crippen molar-refractivity contribution in [2.24, 2.45) is 5.73 Å². The highest BCUT2D eigenvalue weighted by molar-refractivity contribution is 5.94. The summed E-state index contributed by atoms with van der Waals surface area (Å²) >= 11 is 0. The fraction of sp³-hybridized carbons (Fsp3) is 0. The van der Waals surface area contributed by atoms with Gasteiger partial charge in [0, 0.05) is 17.8 Å². The van der Waals surface area contributed by atoms with Crippen LogP contribution in [-0.2, 0) is 0 Å². The van der Waals surface area contributed by atoms with Crippen molar-refractivity contribution < 1.29 is 4.79 Å². The normalized spacial score (nSPS) is 10.0. The summed E-state index contributed by atoms with van der Waals surface area (Å²) in [5.74, 6) is -0.480. The Morgan fingerprint density at radius 3 is 2.56 bits per heavy atom. The lowest BCUT2D eigenvalue weighted by molar-refractivity contribution is 0.100. The maximum Gasteiger partial charge on any atom is 0.248 e. The second-order valence-corrected chi connectivity index (χ2v) is 3.39. The zero-order valence-electron chi connectivity index (χ0n) is 8.44. The zero-order valence-corrected chi connectivity index (χ0v) is 8.44. The number of carbonyl (C=O) groups is 1. The van der Waals surface area contributed by atoms with E-state index < -0.39 is 5.91 Å². The van der Waals surface area contributed by atoms with Gasteiger partial charge in [0.1, 0.15) is 0 Å². The third-order valence-electron chi connectivity index (χ3n) is 2.26. The number of hydrogen-bond acceptors (Lipinski definition) is 2. The smallest absolute Gasteiger partial charge is 0.248 e. The predicted octanol–water partition coefficient (Wildman–Crippen LogP) is 1.14. The Kier molecular flexibility index (Phi) is 2.55. The van der Waals surface area contributed by atoms with Crippen LogP contribution >= 0.6 is 0 Å². The Morgan fingerprint density at radius 2 is 1.88 bits per heavy atom. The fourth-order valence-electron chi connectivity index (χ4n) is 1.48. The van der Waals surface area contributed by atoms with Crippen molar-refractivity contribution in [2.45, 2.75) is 0 Å². The largest absolute Gasteiger partial charge is 0.366 e. The van der Waals surface area contributed by atoms with Crippen LogP contribution < -0.4 is 11.3 Å². The van der Waals surface area contributed by atoms with Gasteiger partial charge in [-0.15, -0.1) is 0 Å². The number of carbonyl (C=O) groups excluding carboxylic acids is 1. The Morgan fingerprint density at radius 1 is 1.12 bits per heavy atom. The minimum Gasteiger partial charge on any atom is -0.366 e. The molecule has 1 aromatic carbocycles. The molecular formula is C12H10N2O2. The fourth-order valence-corrected chi connectivity index (χ4v) is 1.48. The summed E-state index contributed by atoms with van der Waals surface area (Å²) in [4.78, 5) is 24.7. The second kappa shape index (κ2) is 4.02. The highest BCUT2D eigenvalue weighted by Gasteiger charge is 2.03. The molecule has 0 aliphatic rings. The quantitative estimate of drug-likeness (QED) is 0.786. The van der Waals surface area contributed by atoms with Crippen molar-refractivity contribution in [3.63, 3.8) is 0 Å². The van der Waals surface area contributed by atoms with E-state index in [9.17, 15) is 9.59 Å². The molecule has 80 valence electrons. The number of aromatic nitrogens is 1. The maximum absolute atomic E-state index is 11.1. The molecule has 0 bridgehead atoms. The molecule has 1 amide bonds. The zero-order chi connectivity index (χ0) is 11.5. The Hall–Kier alpha value is -2.36. The van der Waals surface area contributed by atoms with Crippen LogP contribution in [-0.4, -0.2) is 10.9 Å². The lowest BCUT2D eigenvalue weighted by Crippen LogP contribution is -2.10. The first-order valence-electron chi connectivity index (χ1n) is 4.76. The molecule has 4 nitrogen and oxygen atoms in total. The molecule has 1 heterocycles. The number of amides is 1. The van der Waals surface area contributed by atoms with Crippen LogP contribution in [0.25, 0.3) is 11.1 Å². The monoisotopic (exact) mass is 214 g/mol. The first-order valence-corrected chi connectivity index (χ1v) is 4.76. The van der Waals surface area contributed by atoms with Crippen LogP contribution in [0.4, 0.5) is 0 Å². The van der Waals surface area contributed by atoms with Crippen LogP contribution in [0, 0.1) is 0 Å². The van der Waals surface area contributed by atoms with Crippen molar-refractivity contribution >= 4 is 5.91 Å². The predicted molar refractivity (Wildman–Crippen MR) is 61.0 cm³/mol. The van der Waals surface area contributed by atoms with Gasteiger partial charge in [-0.05, 0) is 29.3 Å². The molecule has 0 aliphatic heterocycles. The van der Waals surface area contributed by atoms with Gasteiger partial charge >= 0.3 is 0 Å². The van der Waals surface area contributed by atoms with E-state index in [0.717, 1.165) is 11.1 Å². The number of benzene rings is 1. The molecule has 2 aromatic rings. The van der Waals surface area contributed by atoms with E-state index in [0.29, 0.717) is 5.56 Å². The average molecular weight is 214 g/mol. The number of primary amides is 1. The van der Waals surface area contributed by atoms with Crippen LogP contribution in [0.3, 0.4) is 0 Å². The second-order valence-electron chi connectivity index (χ2n) is 3.39. The van der Waals surface area contributed by atoms with E-state index in [1.54, 1.807) is 30.5 Å². The number of nitrogens with one attached hydrogen (secondary N) is 1. The van der Waals surface area contributed by atoms with Gasteiger partial charge in [0.05, 0.1) is 0 Å². The molecule has 0 aliphatic carbocycles. The summed E-state index contributed by atoms with van der Waals surface area (Å²) in [6.45, 7) is 0. The summed E-state index contributed by atoms with van der Waals surface area (Å²) < 4.78 is 0. The lowest BCUT2D eigenvalue weighted by Gasteiger charge is -2.02. The molecule has 3 N–H and O–H groups in total. The number of hydrogen-bond donors (Lipinski definition) is 2. The summed E-state index contributed by atoms with van der Waals surface area (Å²) in [6, 6.07) is 10.1. The molecule has 2 rings (SSSR count). The standard InChI is InChI=1S/C12H10N2O2/c13-12(16)10-3-1-2-8(6-10)9-4-5-14-11(15)7-9/h1-7H,(H2,13,16)(H,14,15). The summed E-state index contributed by atoms with van der Waals surface area (Å²) in [5.41, 5.74) is 6.98. The number of H-pyrrole nitrogens is 1. The molecule has 16 heavy (non-hydrogen) atoms. The van der Waals surface area contributed by atoms with Gasteiger partial charge in [0.25, 0.3) is 0 Å². The van der Waals surface area contributed by atoms with E-state index >= 15 is 0 Å². The van der Waals surface area contributed by atoms with Crippen LogP contribution in [0.1, 0.15) is 10.4 Å². The number of nitrogens with two attached hydrogens (primary N) is 1. The van der Waals surface area contributed by atoms with Crippen molar-refractivity contribution in [1.29, 1.82) is 0 Å². The van der Waals surface area contributed by atoms with Crippen LogP contribution in [0.5, 0.6) is 0 Å². The molecule has 0 fully saturated rings. The Balaban J connectivity index is 2.52. The molecule has 4 heteroatoms. The molecule has 0 atom stereocenters. The summed E-state index contributed by atoms with van der Waals surface area (Å²) in [5, 5.41) is 0. The van der Waals surface area contributed by atoms with Crippen LogP contribution in [0.2, 0.25) is 0 Å². The van der Waals surface area contributed by atoms with Gasteiger partial charge < -0.3 is 10.7 Å². The minimum absolute atomic E-state index is 0.179.